The number of carbonyl (C=O) groups excluding carboxylic acids is 2. The number of halogens is 2. The molecule has 5 nitrogen and oxygen atoms in total. The van der Waals surface area contributed by atoms with Crippen LogP contribution in [-0.4, -0.2) is 18.4 Å². The Hall–Kier alpha value is -2.18. The number of hydrazine groups is 1. The lowest BCUT2D eigenvalue weighted by atomic mass is 10.2. The lowest BCUT2D eigenvalue weighted by Gasteiger charge is -2.07. The van der Waals surface area contributed by atoms with Crippen molar-refractivity contribution in [1.82, 2.24) is 10.9 Å². The highest BCUT2D eigenvalue weighted by atomic mass is 19.3. The van der Waals surface area contributed by atoms with Crippen LogP contribution in [-0.2, 0) is 16.1 Å². The minimum Gasteiger partial charge on any atom is -0.443 e. The Kier molecular flexibility index (Phi) is 4.86. The number of amides is 2. The summed E-state index contributed by atoms with van der Waals surface area (Å²) < 4.78 is 28.1. The molecule has 1 aromatic carbocycles. The third-order valence-electron chi connectivity index (χ3n) is 1.70. The smallest absolute Gasteiger partial charge is 0.426 e. The van der Waals surface area contributed by atoms with Gasteiger partial charge in [-0.25, -0.2) is 10.2 Å². The van der Waals surface area contributed by atoms with E-state index in [1.807, 2.05) is 0 Å². The largest absolute Gasteiger partial charge is 0.443 e. The van der Waals surface area contributed by atoms with Crippen LogP contribution in [0.25, 0.3) is 0 Å². The van der Waals surface area contributed by atoms with Crippen molar-refractivity contribution in [2.45, 2.75) is 13.0 Å². The van der Waals surface area contributed by atoms with Gasteiger partial charge in [0, 0.05) is 0 Å². The Bertz CT molecular complexity index is 384. The van der Waals surface area contributed by atoms with Crippen molar-refractivity contribution in [3.8, 4) is 0 Å². The third kappa shape index (κ3) is 4.92. The summed E-state index contributed by atoms with van der Waals surface area (Å²) in [6.07, 6.45) is -4.20. The van der Waals surface area contributed by atoms with Crippen LogP contribution in [0, 0.1) is 0 Å². The zero-order chi connectivity index (χ0) is 12.7. The molecule has 0 aliphatic carbocycles. The van der Waals surface area contributed by atoms with Crippen LogP contribution >= 0.6 is 0 Å². The monoisotopic (exact) mass is 244 g/mol. The summed E-state index contributed by atoms with van der Waals surface area (Å²) in [4.78, 5) is 21.3. The summed E-state index contributed by atoms with van der Waals surface area (Å²) in [5, 5.41) is 0. The van der Waals surface area contributed by atoms with Gasteiger partial charge in [0.15, 0.2) is 0 Å². The minimum absolute atomic E-state index is 0.0166. The maximum Gasteiger partial charge on any atom is 0.426 e. The fourth-order valence-electron chi connectivity index (χ4n) is 0.926. The zero-order valence-corrected chi connectivity index (χ0v) is 8.65. The van der Waals surface area contributed by atoms with Gasteiger partial charge >= 0.3 is 18.4 Å². The van der Waals surface area contributed by atoms with Gasteiger partial charge in [0.05, 0.1) is 0 Å². The molecular weight excluding hydrogens is 234 g/mol. The Balaban J connectivity index is 2.24. The van der Waals surface area contributed by atoms with Crippen molar-refractivity contribution in [1.29, 1.82) is 0 Å². The molecule has 0 fully saturated rings. The van der Waals surface area contributed by atoms with Gasteiger partial charge in [-0.05, 0) is 5.56 Å². The number of alkyl halides is 2. The molecule has 2 N–H and O–H groups in total. The lowest BCUT2D eigenvalue weighted by Crippen LogP contribution is -2.44. The van der Waals surface area contributed by atoms with E-state index in [9.17, 15) is 18.4 Å². The SMILES string of the molecule is O=C(NNC(=O)C(F)F)OCc1ccccc1. The van der Waals surface area contributed by atoms with E-state index in [1.54, 1.807) is 35.8 Å². The van der Waals surface area contributed by atoms with Gasteiger partial charge in [-0.1, -0.05) is 30.3 Å². The summed E-state index contributed by atoms with van der Waals surface area (Å²) in [5.41, 5.74) is 3.94. The average molecular weight is 244 g/mol. The quantitative estimate of drug-likeness (QED) is 0.785. The van der Waals surface area contributed by atoms with Crippen molar-refractivity contribution >= 4 is 12.0 Å². The van der Waals surface area contributed by atoms with E-state index in [4.69, 9.17) is 0 Å². The molecule has 92 valence electrons. The van der Waals surface area contributed by atoms with Gasteiger partial charge < -0.3 is 4.74 Å². The minimum atomic E-state index is -3.19. The molecule has 0 saturated heterocycles. The molecule has 1 aromatic rings. The van der Waals surface area contributed by atoms with Crippen molar-refractivity contribution in [2.75, 3.05) is 0 Å². The van der Waals surface area contributed by atoms with Crippen molar-refractivity contribution in [2.24, 2.45) is 0 Å². The van der Waals surface area contributed by atoms with Crippen LogP contribution in [0.15, 0.2) is 30.3 Å². The van der Waals surface area contributed by atoms with Crippen LogP contribution in [0.1, 0.15) is 5.56 Å². The Morgan fingerprint density at radius 1 is 1.18 bits per heavy atom. The highest BCUT2D eigenvalue weighted by molar-refractivity contribution is 5.81. The van der Waals surface area contributed by atoms with Crippen molar-refractivity contribution in [3.63, 3.8) is 0 Å². The molecule has 0 spiro atoms. The molecule has 17 heavy (non-hydrogen) atoms. The number of benzene rings is 1. The van der Waals surface area contributed by atoms with E-state index in [0.717, 1.165) is 5.56 Å². The standard InChI is InChI=1S/C10H10F2N2O3/c11-8(12)9(15)13-14-10(16)17-6-7-4-2-1-3-5-7/h1-5,8H,6H2,(H,13,15)(H,14,16). The van der Waals surface area contributed by atoms with E-state index >= 15 is 0 Å². The lowest BCUT2D eigenvalue weighted by molar-refractivity contribution is -0.132. The number of carbonyl (C=O) groups is 2. The fourth-order valence-corrected chi connectivity index (χ4v) is 0.926. The molecule has 0 bridgehead atoms. The van der Waals surface area contributed by atoms with Gasteiger partial charge in [-0.2, -0.15) is 8.78 Å². The summed E-state index contributed by atoms with van der Waals surface area (Å²) in [6.45, 7) is -0.0166. The molecule has 0 saturated carbocycles. The molecule has 0 atom stereocenters. The van der Waals surface area contributed by atoms with Gasteiger partial charge in [0.2, 0.25) is 0 Å². The first-order valence-electron chi connectivity index (χ1n) is 4.64. The zero-order valence-electron chi connectivity index (χ0n) is 8.65. The second-order valence-electron chi connectivity index (χ2n) is 2.98. The molecule has 1 rings (SSSR count). The summed E-state index contributed by atoms with van der Waals surface area (Å²) in [5.74, 6) is -1.60. The molecule has 0 radical (unpaired) electrons. The third-order valence-corrected chi connectivity index (χ3v) is 1.70. The first-order chi connectivity index (χ1) is 8.09. The first kappa shape index (κ1) is 12.9. The number of hydrogen-bond donors (Lipinski definition) is 2. The van der Waals surface area contributed by atoms with E-state index in [2.05, 4.69) is 4.74 Å². The summed E-state index contributed by atoms with van der Waals surface area (Å²) in [6, 6.07) is 8.77. The maximum atomic E-state index is 11.7. The molecule has 0 unspecified atom stereocenters. The molecular formula is C10H10F2N2O3. The summed E-state index contributed by atoms with van der Waals surface area (Å²) >= 11 is 0. The maximum absolute atomic E-state index is 11.7. The fraction of sp³-hybridized carbons (Fsp3) is 0.200. The Morgan fingerprint density at radius 2 is 1.82 bits per heavy atom. The number of ether oxygens (including phenoxy) is 1. The van der Waals surface area contributed by atoms with E-state index in [-0.39, 0.29) is 6.61 Å². The highest BCUT2D eigenvalue weighted by Gasteiger charge is 2.15. The molecule has 0 heterocycles. The van der Waals surface area contributed by atoms with Gasteiger partial charge in [-0.15, -0.1) is 0 Å². The predicted molar refractivity (Wildman–Crippen MR) is 53.9 cm³/mol. The predicted octanol–water partition coefficient (Wildman–Crippen LogP) is 1.21. The van der Waals surface area contributed by atoms with E-state index in [1.165, 1.54) is 5.43 Å². The van der Waals surface area contributed by atoms with Crippen LogP contribution in [0.5, 0.6) is 0 Å². The second kappa shape index (κ2) is 6.41. The van der Waals surface area contributed by atoms with E-state index < -0.39 is 18.4 Å². The topological polar surface area (TPSA) is 67.4 Å². The highest BCUT2D eigenvalue weighted by Crippen LogP contribution is 2.00. The molecule has 0 aliphatic rings. The molecule has 0 aliphatic heterocycles. The molecule has 2 amide bonds. The van der Waals surface area contributed by atoms with Crippen molar-refractivity contribution < 1.29 is 23.1 Å². The summed E-state index contributed by atoms with van der Waals surface area (Å²) in [7, 11) is 0. The number of rotatable bonds is 3. The normalized spacial score (nSPS) is 9.82. The second-order valence-corrected chi connectivity index (χ2v) is 2.98. The van der Waals surface area contributed by atoms with Crippen molar-refractivity contribution in [3.05, 3.63) is 35.9 Å². The number of nitrogens with one attached hydrogen (secondary N) is 2. The molecule has 0 aromatic heterocycles. The van der Waals surface area contributed by atoms with Crippen LogP contribution in [0.3, 0.4) is 0 Å². The van der Waals surface area contributed by atoms with Crippen LogP contribution in [0.4, 0.5) is 13.6 Å². The first-order valence-corrected chi connectivity index (χ1v) is 4.64. The van der Waals surface area contributed by atoms with Gasteiger partial charge in [0.25, 0.3) is 0 Å². The Morgan fingerprint density at radius 3 is 2.41 bits per heavy atom. The van der Waals surface area contributed by atoms with Gasteiger partial charge in [-0.3, -0.25) is 10.2 Å². The van der Waals surface area contributed by atoms with E-state index in [0.29, 0.717) is 0 Å². The number of hydrogen-bond acceptors (Lipinski definition) is 3. The van der Waals surface area contributed by atoms with Crippen LogP contribution in [0.2, 0.25) is 0 Å². The van der Waals surface area contributed by atoms with Crippen LogP contribution < -0.4 is 10.9 Å². The molecule has 7 heteroatoms. The Labute approximate surface area is 95.7 Å². The average Bonchev–Trinajstić information content (AvgIpc) is 2.34. The van der Waals surface area contributed by atoms with Gasteiger partial charge in [0.1, 0.15) is 6.61 Å².